The molecular weight excluding hydrogens is 754 g/mol. The molecule has 0 spiro atoms. The fourth-order valence-corrected chi connectivity index (χ4v) is 6.24. The molecule has 250 valence electrons. The van der Waals surface area contributed by atoms with Crippen molar-refractivity contribution in [3.63, 3.8) is 0 Å². The lowest BCUT2D eigenvalue weighted by molar-refractivity contribution is 0.101. The lowest BCUT2D eigenvalue weighted by Gasteiger charge is -2.13. The maximum absolute atomic E-state index is 13.5. The molecule has 0 saturated heterocycles. The standard InChI is InChI=1S/C16H17BrFN5O.C16H15BrFN5O/c2*1-3-22-16(17)11(8-20-22)6-13-9-19-21-23(13)15-5-4-12(18)7-14(15)10(2)24/h4-5,7-10,24H,3,6H2,1-2H3;4-5,7-9H,3,6H2,1-2H3. The molecule has 1 unspecified atom stereocenters. The number of aromatic nitrogens is 10. The van der Waals surface area contributed by atoms with Gasteiger partial charge >= 0.3 is 0 Å². The van der Waals surface area contributed by atoms with E-state index in [4.69, 9.17) is 0 Å². The van der Waals surface area contributed by atoms with Gasteiger partial charge in [0, 0.05) is 48.2 Å². The molecule has 2 aromatic carbocycles. The summed E-state index contributed by atoms with van der Waals surface area (Å²) < 4.78 is 35.7. The molecule has 4 heterocycles. The zero-order valence-corrected chi connectivity index (χ0v) is 29.7. The van der Waals surface area contributed by atoms with Crippen molar-refractivity contribution in [1.29, 1.82) is 0 Å². The van der Waals surface area contributed by atoms with E-state index in [9.17, 15) is 18.7 Å². The van der Waals surface area contributed by atoms with Crippen LogP contribution in [-0.4, -0.2) is 60.4 Å². The predicted molar refractivity (Wildman–Crippen MR) is 180 cm³/mol. The molecule has 0 amide bonds. The quantitative estimate of drug-likeness (QED) is 0.162. The zero-order valence-electron chi connectivity index (χ0n) is 26.5. The summed E-state index contributed by atoms with van der Waals surface area (Å²) >= 11 is 7.08. The second kappa shape index (κ2) is 15.2. The van der Waals surface area contributed by atoms with E-state index in [1.54, 1.807) is 47.1 Å². The average Bonchev–Trinajstić information content (AvgIpc) is 3.87. The number of Topliss-reactive ketones (excluding diaryl/α,β-unsaturated/α-hetero) is 1. The van der Waals surface area contributed by atoms with Gasteiger partial charge in [-0.3, -0.25) is 14.2 Å². The summed E-state index contributed by atoms with van der Waals surface area (Å²) in [5.74, 6) is -1.09. The molecule has 0 fully saturated rings. The first-order valence-electron chi connectivity index (χ1n) is 15.0. The first kappa shape index (κ1) is 34.9. The number of carbonyl (C=O) groups excluding carboxylic acids is 1. The van der Waals surface area contributed by atoms with E-state index < -0.39 is 17.7 Å². The van der Waals surface area contributed by atoms with Crippen LogP contribution in [0.25, 0.3) is 11.4 Å². The third-order valence-electron chi connectivity index (χ3n) is 7.51. The van der Waals surface area contributed by atoms with Crippen LogP contribution >= 0.6 is 31.9 Å². The third kappa shape index (κ3) is 7.50. The predicted octanol–water partition coefficient (Wildman–Crippen LogP) is 6.21. The van der Waals surface area contributed by atoms with E-state index in [1.165, 1.54) is 37.3 Å². The SMILES string of the molecule is CCn1ncc(Cc2cnnn2-c2ccc(F)cc2C(C)=O)c1Br.CCn1ncc(Cc2cnnn2-c2ccc(F)cc2C(C)O)c1Br. The fraction of sp³-hybridized carbons (Fsp3) is 0.281. The molecule has 0 radical (unpaired) electrons. The van der Waals surface area contributed by atoms with Crippen LogP contribution in [0, 0.1) is 11.6 Å². The smallest absolute Gasteiger partial charge is 0.162 e. The monoisotopic (exact) mass is 784 g/mol. The normalized spacial score (nSPS) is 11.8. The van der Waals surface area contributed by atoms with Gasteiger partial charge in [-0.05, 0) is 96.0 Å². The van der Waals surface area contributed by atoms with Crippen molar-refractivity contribution < 1.29 is 18.7 Å². The van der Waals surface area contributed by atoms with Crippen molar-refractivity contribution in [2.24, 2.45) is 0 Å². The first-order chi connectivity index (χ1) is 23.0. The Bertz CT molecular complexity index is 2050. The van der Waals surface area contributed by atoms with Crippen LogP contribution in [-0.2, 0) is 25.9 Å². The van der Waals surface area contributed by atoms with Crippen LogP contribution in [0.4, 0.5) is 8.78 Å². The van der Waals surface area contributed by atoms with Crippen LogP contribution in [0.2, 0.25) is 0 Å². The van der Waals surface area contributed by atoms with Gasteiger partial charge in [-0.2, -0.15) is 10.2 Å². The van der Waals surface area contributed by atoms with E-state index in [0.29, 0.717) is 29.8 Å². The van der Waals surface area contributed by atoms with E-state index in [1.807, 2.05) is 23.2 Å². The van der Waals surface area contributed by atoms with Crippen LogP contribution < -0.4 is 0 Å². The summed E-state index contributed by atoms with van der Waals surface area (Å²) in [5.41, 5.74) is 5.43. The molecule has 0 aliphatic rings. The molecule has 0 aliphatic carbocycles. The fourth-order valence-electron chi connectivity index (χ4n) is 5.07. The van der Waals surface area contributed by atoms with Gasteiger partial charge in [-0.25, -0.2) is 18.1 Å². The highest BCUT2D eigenvalue weighted by atomic mass is 79.9. The Labute approximate surface area is 291 Å². The van der Waals surface area contributed by atoms with Crippen molar-refractivity contribution in [3.05, 3.63) is 116 Å². The minimum Gasteiger partial charge on any atom is -0.389 e. The van der Waals surface area contributed by atoms with E-state index in [0.717, 1.165) is 44.8 Å². The van der Waals surface area contributed by atoms with Crippen molar-refractivity contribution in [1.82, 2.24) is 49.5 Å². The van der Waals surface area contributed by atoms with E-state index in [2.05, 4.69) is 62.7 Å². The zero-order chi connectivity index (χ0) is 34.5. The van der Waals surface area contributed by atoms with Gasteiger partial charge in [0.05, 0.1) is 53.7 Å². The molecule has 1 atom stereocenters. The molecule has 48 heavy (non-hydrogen) atoms. The van der Waals surface area contributed by atoms with E-state index in [-0.39, 0.29) is 11.3 Å². The van der Waals surface area contributed by atoms with Gasteiger partial charge in [-0.1, -0.05) is 10.4 Å². The van der Waals surface area contributed by atoms with Crippen molar-refractivity contribution in [2.75, 3.05) is 0 Å². The molecule has 4 aromatic heterocycles. The average molecular weight is 786 g/mol. The molecule has 1 N–H and O–H groups in total. The molecule has 0 bridgehead atoms. The Morgan fingerprint density at radius 3 is 1.73 bits per heavy atom. The Kier molecular flexibility index (Phi) is 11.1. The van der Waals surface area contributed by atoms with Crippen molar-refractivity contribution in [2.45, 2.75) is 59.7 Å². The largest absolute Gasteiger partial charge is 0.389 e. The summed E-state index contributed by atoms with van der Waals surface area (Å²) in [7, 11) is 0. The summed E-state index contributed by atoms with van der Waals surface area (Å²) in [5, 5.41) is 34.6. The number of rotatable bonds is 10. The maximum atomic E-state index is 13.5. The molecular formula is C32H32Br2F2N10O2. The number of aliphatic hydroxyl groups excluding tert-OH is 1. The Morgan fingerprint density at radius 2 is 1.27 bits per heavy atom. The minimum atomic E-state index is -0.817. The van der Waals surface area contributed by atoms with E-state index >= 15 is 0 Å². The summed E-state index contributed by atoms with van der Waals surface area (Å²) in [6.07, 6.45) is 7.13. The Hall–Kier alpha value is -4.41. The number of benzene rings is 2. The van der Waals surface area contributed by atoms with Gasteiger partial charge in [0.1, 0.15) is 20.8 Å². The van der Waals surface area contributed by atoms with Gasteiger partial charge < -0.3 is 5.11 Å². The topological polar surface area (TPSA) is 134 Å². The molecule has 6 aromatic rings. The summed E-state index contributed by atoms with van der Waals surface area (Å²) in [6.45, 7) is 8.53. The molecule has 0 aliphatic heterocycles. The number of ketones is 1. The molecule has 0 saturated carbocycles. The first-order valence-corrected chi connectivity index (χ1v) is 16.6. The summed E-state index contributed by atoms with van der Waals surface area (Å²) in [4.78, 5) is 11.8. The van der Waals surface area contributed by atoms with Crippen LogP contribution in [0.1, 0.15) is 72.2 Å². The minimum absolute atomic E-state index is 0.231. The number of carbonyl (C=O) groups is 1. The van der Waals surface area contributed by atoms with Crippen molar-refractivity contribution >= 4 is 37.6 Å². The maximum Gasteiger partial charge on any atom is 0.162 e. The number of hydrogen-bond donors (Lipinski definition) is 1. The van der Waals surface area contributed by atoms with Gasteiger partial charge in [0.2, 0.25) is 0 Å². The van der Waals surface area contributed by atoms with Crippen molar-refractivity contribution in [3.8, 4) is 11.4 Å². The van der Waals surface area contributed by atoms with Gasteiger partial charge in [-0.15, -0.1) is 10.2 Å². The third-order valence-corrected chi connectivity index (χ3v) is 9.34. The van der Waals surface area contributed by atoms with Gasteiger partial charge in [0.15, 0.2) is 5.78 Å². The number of halogens is 4. The number of nitrogens with zero attached hydrogens (tertiary/aromatic N) is 10. The number of aliphatic hydroxyl groups is 1. The second-order valence-corrected chi connectivity index (χ2v) is 12.3. The second-order valence-electron chi connectivity index (χ2n) is 10.8. The highest BCUT2D eigenvalue weighted by Crippen LogP contribution is 2.26. The molecule has 12 nitrogen and oxygen atoms in total. The van der Waals surface area contributed by atoms with Crippen LogP contribution in [0.5, 0.6) is 0 Å². The lowest BCUT2D eigenvalue weighted by Crippen LogP contribution is -2.09. The van der Waals surface area contributed by atoms with Crippen LogP contribution in [0.3, 0.4) is 0 Å². The number of aryl methyl sites for hydroxylation is 2. The summed E-state index contributed by atoms with van der Waals surface area (Å²) in [6, 6.07) is 8.31. The molecule has 16 heteroatoms. The highest BCUT2D eigenvalue weighted by Gasteiger charge is 2.18. The Morgan fingerprint density at radius 1 is 0.792 bits per heavy atom. The lowest BCUT2D eigenvalue weighted by atomic mass is 10.1. The number of hydrogen-bond acceptors (Lipinski definition) is 8. The molecule has 6 rings (SSSR count). The van der Waals surface area contributed by atoms with Crippen LogP contribution in [0.15, 0.2) is 70.4 Å². The highest BCUT2D eigenvalue weighted by molar-refractivity contribution is 9.10. The van der Waals surface area contributed by atoms with Gasteiger partial charge in [0.25, 0.3) is 0 Å². The Balaban J connectivity index is 0.000000188.